The summed E-state index contributed by atoms with van der Waals surface area (Å²) < 4.78 is 4.55. The van der Waals surface area contributed by atoms with Gasteiger partial charge in [0.2, 0.25) is 0 Å². The Hall–Kier alpha value is -7.13. The van der Waals surface area contributed by atoms with Crippen LogP contribution in [0.3, 0.4) is 0 Å². The highest BCUT2D eigenvalue weighted by Crippen LogP contribution is 2.42. The van der Waals surface area contributed by atoms with E-state index >= 15 is 0 Å². The van der Waals surface area contributed by atoms with Gasteiger partial charge in [0.15, 0.2) is 0 Å². The van der Waals surface area contributed by atoms with E-state index in [9.17, 15) is 15.8 Å². The van der Waals surface area contributed by atoms with Crippen molar-refractivity contribution in [3.8, 4) is 35.0 Å². The smallest absolute Gasteiger partial charge is 0.0995 e. The number of aromatic nitrogens is 2. The minimum absolute atomic E-state index is 0.624. The van der Waals surface area contributed by atoms with Crippen LogP contribution in [-0.2, 0) is 0 Å². The molecule has 0 bridgehead atoms. The molecule has 0 amide bonds. The molecule has 2 aromatic heterocycles. The SMILES string of the molecule is N#CC1=CCCC(n2c3ccccc3c3cc(C#N)ccc32)=C1c1cccc(-c2cccc(-n3c4ccccc4c4cc(C#N)ccc43)c2)c1. The maximum absolute atomic E-state index is 10.4. The Bertz CT molecular complexity index is 2910. The minimum atomic E-state index is 0.624. The molecule has 2 heterocycles. The molecular formula is C45H27N5. The van der Waals surface area contributed by atoms with Crippen LogP contribution in [0.15, 0.2) is 145 Å². The first-order valence-corrected chi connectivity index (χ1v) is 16.6. The van der Waals surface area contributed by atoms with Gasteiger partial charge in [0.05, 0.1) is 57.0 Å². The average Bonchev–Trinajstić information content (AvgIpc) is 3.69. The lowest BCUT2D eigenvalue weighted by molar-refractivity contribution is 0.977. The lowest BCUT2D eigenvalue weighted by atomic mass is 9.88. The first-order valence-electron chi connectivity index (χ1n) is 16.6. The summed E-state index contributed by atoms with van der Waals surface area (Å²) in [6.07, 6.45) is 3.59. The zero-order valence-corrected chi connectivity index (χ0v) is 26.9. The summed E-state index contributed by atoms with van der Waals surface area (Å²) in [7, 11) is 0. The molecule has 0 aliphatic heterocycles. The molecule has 0 N–H and O–H groups in total. The quantitative estimate of drug-likeness (QED) is 0.192. The number of hydrogen-bond acceptors (Lipinski definition) is 3. The van der Waals surface area contributed by atoms with Crippen LogP contribution in [0.25, 0.3) is 71.7 Å². The Morgan fingerprint density at radius 1 is 0.460 bits per heavy atom. The number of nitriles is 3. The normalized spacial score (nSPS) is 13.0. The van der Waals surface area contributed by atoms with Gasteiger partial charge in [0.1, 0.15) is 0 Å². The highest BCUT2D eigenvalue weighted by molar-refractivity contribution is 6.13. The predicted octanol–water partition coefficient (Wildman–Crippen LogP) is 10.9. The molecule has 1 aliphatic carbocycles. The molecule has 6 aromatic carbocycles. The molecule has 232 valence electrons. The molecule has 0 atom stereocenters. The Balaban J connectivity index is 1.23. The molecule has 5 heteroatoms. The zero-order chi connectivity index (χ0) is 33.8. The van der Waals surface area contributed by atoms with Crippen molar-refractivity contribution >= 4 is 54.9 Å². The van der Waals surface area contributed by atoms with Gasteiger partial charge in [-0.1, -0.05) is 72.8 Å². The number of hydrogen-bond donors (Lipinski definition) is 0. The van der Waals surface area contributed by atoms with Gasteiger partial charge >= 0.3 is 0 Å². The van der Waals surface area contributed by atoms with Crippen LogP contribution < -0.4 is 0 Å². The summed E-state index contributed by atoms with van der Waals surface area (Å²) in [6.45, 7) is 0. The van der Waals surface area contributed by atoms with E-state index in [0.29, 0.717) is 16.7 Å². The zero-order valence-electron chi connectivity index (χ0n) is 26.9. The topological polar surface area (TPSA) is 81.2 Å². The number of allylic oxidation sites excluding steroid dienone is 4. The van der Waals surface area contributed by atoms with Gasteiger partial charge in [-0.3, -0.25) is 0 Å². The Kier molecular flexibility index (Phi) is 6.70. The van der Waals surface area contributed by atoms with Gasteiger partial charge in [0.25, 0.3) is 0 Å². The van der Waals surface area contributed by atoms with E-state index in [1.807, 2.05) is 66.7 Å². The average molecular weight is 638 g/mol. The highest BCUT2D eigenvalue weighted by Gasteiger charge is 2.23. The maximum Gasteiger partial charge on any atom is 0.0995 e. The van der Waals surface area contributed by atoms with E-state index in [-0.39, 0.29) is 0 Å². The molecule has 0 unspecified atom stereocenters. The summed E-state index contributed by atoms with van der Waals surface area (Å²) in [5.74, 6) is 0. The first kappa shape index (κ1) is 29.0. The third kappa shape index (κ3) is 4.45. The molecule has 0 fully saturated rings. The van der Waals surface area contributed by atoms with E-state index in [0.717, 1.165) is 90.1 Å². The van der Waals surface area contributed by atoms with Crippen LogP contribution in [0.5, 0.6) is 0 Å². The Morgan fingerprint density at radius 3 is 1.68 bits per heavy atom. The van der Waals surface area contributed by atoms with E-state index in [1.54, 1.807) is 0 Å². The standard InChI is InChI=1S/C45H27N5/c46-26-29-18-20-42-38(22-29)36-13-1-3-15-40(36)49(42)35-12-6-9-32(25-35)31-8-5-10-33(24-31)45-34(28-48)11-7-17-44(45)50-41-16-4-2-14-37(41)39-23-30(27-47)19-21-43(39)50/h1-6,8-16,18-25H,7,17H2. The van der Waals surface area contributed by atoms with E-state index in [1.165, 1.54) is 0 Å². The Morgan fingerprint density at radius 2 is 1.02 bits per heavy atom. The molecule has 0 saturated carbocycles. The van der Waals surface area contributed by atoms with Crippen molar-refractivity contribution in [2.75, 3.05) is 0 Å². The second kappa shape index (κ2) is 11.5. The first-order chi connectivity index (χ1) is 24.7. The van der Waals surface area contributed by atoms with Gasteiger partial charge in [-0.05, 0) is 96.3 Å². The molecule has 1 aliphatic rings. The molecule has 0 saturated heterocycles. The molecule has 50 heavy (non-hydrogen) atoms. The lowest BCUT2D eigenvalue weighted by Gasteiger charge is -2.22. The van der Waals surface area contributed by atoms with Crippen molar-refractivity contribution in [1.29, 1.82) is 15.8 Å². The van der Waals surface area contributed by atoms with E-state index < -0.39 is 0 Å². The summed E-state index contributed by atoms with van der Waals surface area (Å²) in [5.41, 5.74) is 12.3. The second-order valence-corrected chi connectivity index (χ2v) is 12.6. The summed E-state index contributed by atoms with van der Waals surface area (Å²) in [4.78, 5) is 0. The fraction of sp³-hybridized carbons (Fsp3) is 0.0444. The summed E-state index contributed by atoms with van der Waals surface area (Å²) >= 11 is 0. The highest BCUT2D eigenvalue weighted by atomic mass is 15.0. The van der Waals surface area contributed by atoms with Gasteiger partial charge in [-0.25, -0.2) is 0 Å². The van der Waals surface area contributed by atoms with Crippen molar-refractivity contribution in [1.82, 2.24) is 9.13 Å². The minimum Gasteiger partial charge on any atom is -0.312 e. The van der Waals surface area contributed by atoms with Crippen molar-refractivity contribution in [3.63, 3.8) is 0 Å². The molecule has 9 rings (SSSR count). The molecule has 0 spiro atoms. The van der Waals surface area contributed by atoms with Crippen molar-refractivity contribution < 1.29 is 0 Å². The monoisotopic (exact) mass is 637 g/mol. The number of para-hydroxylation sites is 2. The molecule has 0 radical (unpaired) electrons. The van der Waals surface area contributed by atoms with Gasteiger partial charge in [-0.2, -0.15) is 15.8 Å². The number of rotatable bonds is 4. The summed E-state index contributed by atoms with van der Waals surface area (Å²) in [6, 6.07) is 52.5. The largest absolute Gasteiger partial charge is 0.312 e. The Labute approximate surface area is 288 Å². The van der Waals surface area contributed by atoms with Gasteiger partial charge in [-0.15, -0.1) is 0 Å². The van der Waals surface area contributed by atoms with Crippen LogP contribution in [0.4, 0.5) is 0 Å². The second-order valence-electron chi connectivity index (χ2n) is 12.6. The molecular weight excluding hydrogens is 611 g/mol. The maximum atomic E-state index is 10.4. The fourth-order valence-corrected chi connectivity index (χ4v) is 7.72. The summed E-state index contributed by atoms with van der Waals surface area (Å²) in [5, 5.41) is 34.0. The van der Waals surface area contributed by atoms with Crippen LogP contribution >= 0.6 is 0 Å². The molecule has 5 nitrogen and oxygen atoms in total. The van der Waals surface area contributed by atoms with Gasteiger partial charge < -0.3 is 9.13 Å². The molecule has 8 aromatic rings. The number of benzene rings is 6. The number of fused-ring (bicyclic) bond motifs is 6. The van der Waals surface area contributed by atoms with Crippen molar-refractivity contribution in [2.24, 2.45) is 0 Å². The van der Waals surface area contributed by atoms with Crippen LogP contribution in [0, 0.1) is 34.0 Å². The van der Waals surface area contributed by atoms with Gasteiger partial charge in [0, 0.05) is 38.5 Å². The van der Waals surface area contributed by atoms with Crippen molar-refractivity contribution in [2.45, 2.75) is 12.8 Å². The predicted molar refractivity (Wildman–Crippen MR) is 201 cm³/mol. The van der Waals surface area contributed by atoms with Crippen molar-refractivity contribution in [3.05, 3.63) is 162 Å². The van der Waals surface area contributed by atoms with E-state index in [4.69, 9.17) is 0 Å². The fourth-order valence-electron chi connectivity index (χ4n) is 7.72. The third-order valence-corrected chi connectivity index (χ3v) is 9.87. The van der Waals surface area contributed by atoms with Crippen LogP contribution in [0.1, 0.15) is 29.5 Å². The number of nitrogens with zero attached hydrogens (tertiary/aromatic N) is 5. The lowest BCUT2D eigenvalue weighted by Crippen LogP contribution is -2.06. The van der Waals surface area contributed by atoms with Crippen LogP contribution in [0.2, 0.25) is 0 Å². The third-order valence-electron chi connectivity index (χ3n) is 9.87. The van der Waals surface area contributed by atoms with E-state index in [2.05, 4.69) is 100 Å². The van der Waals surface area contributed by atoms with Crippen LogP contribution in [-0.4, -0.2) is 9.13 Å².